The molecule has 1 N–H and O–H groups in total. The third-order valence-corrected chi connectivity index (χ3v) is 2.81. The Balaban J connectivity index is 2.49. The molecule has 2 heterocycles. The van der Waals surface area contributed by atoms with Gasteiger partial charge >= 0.3 is 5.63 Å². The number of rotatable bonds is 3. The van der Waals surface area contributed by atoms with Crippen molar-refractivity contribution < 1.29 is 9.21 Å². The first-order valence-corrected chi connectivity index (χ1v) is 5.77. The molecule has 0 bridgehead atoms. The minimum absolute atomic E-state index is 0.217. The molecule has 0 saturated carbocycles. The zero-order valence-corrected chi connectivity index (χ0v) is 9.84. The fourth-order valence-electron chi connectivity index (χ4n) is 2.02. The Labute approximate surface area is 99.3 Å². The van der Waals surface area contributed by atoms with E-state index in [4.69, 9.17) is 4.42 Å². The highest BCUT2D eigenvalue weighted by atomic mass is 16.4. The zero-order chi connectivity index (χ0) is 12.4. The number of nitrogens with one attached hydrogen (secondary N) is 1. The highest BCUT2D eigenvalue weighted by Gasteiger charge is 2.25. The highest BCUT2D eigenvalue weighted by Crippen LogP contribution is 2.21. The van der Waals surface area contributed by atoms with Crippen LogP contribution in [0.3, 0.4) is 0 Å². The molecule has 0 fully saturated rings. The van der Waals surface area contributed by atoms with Gasteiger partial charge in [-0.25, -0.2) is 4.79 Å². The van der Waals surface area contributed by atoms with Crippen LogP contribution in [0.4, 0.5) is 0 Å². The Morgan fingerprint density at radius 2 is 2.24 bits per heavy atom. The predicted octanol–water partition coefficient (Wildman–Crippen LogP) is 1.78. The number of allylic oxidation sites excluding steroid dienone is 1. The quantitative estimate of drug-likeness (QED) is 0.865. The summed E-state index contributed by atoms with van der Waals surface area (Å²) >= 11 is 0. The summed E-state index contributed by atoms with van der Waals surface area (Å²) in [7, 11) is 0. The first-order chi connectivity index (χ1) is 8.11. The van der Waals surface area contributed by atoms with Crippen molar-refractivity contribution in [2.24, 2.45) is 0 Å². The van der Waals surface area contributed by atoms with Crippen molar-refractivity contribution in [2.75, 3.05) is 0 Å². The van der Waals surface area contributed by atoms with E-state index in [-0.39, 0.29) is 5.91 Å². The fourth-order valence-corrected chi connectivity index (χ4v) is 2.02. The molecule has 0 unspecified atom stereocenters. The van der Waals surface area contributed by atoms with E-state index < -0.39 is 5.63 Å². The van der Waals surface area contributed by atoms with Crippen LogP contribution < -0.4 is 10.9 Å². The van der Waals surface area contributed by atoms with Gasteiger partial charge in [-0.1, -0.05) is 19.9 Å². The van der Waals surface area contributed by atoms with Crippen molar-refractivity contribution >= 4 is 5.91 Å². The first kappa shape index (κ1) is 11.6. The van der Waals surface area contributed by atoms with Crippen LogP contribution in [0.15, 0.2) is 27.6 Å². The standard InChI is InChI=1S/C13H15NO3/c1-3-4-5-9-7-11(15)17-10-6-8(2)14-13(16)12(9)10/h7H,2-6H2,1H3,(H,14,16). The van der Waals surface area contributed by atoms with Crippen LogP contribution in [0.1, 0.15) is 41.4 Å². The molecule has 0 spiro atoms. The van der Waals surface area contributed by atoms with Crippen LogP contribution in [-0.2, 0) is 12.8 Å². The summed E-state index contributed by atoms with van der Waals surface area (Å²) in [5, 5.41) is 2.68. The second-order valence-corrected chi connectivity index (χ2v) is 4.23. The van der Waals surface area contributed by atoms with Crippen molar-refractivity contribution in [1.29, 1.82) is 0 Å². The van der Waals surface area contributed by atoms with Gasteiger partial charge in [0, 0.05) is 18.2 Å². The predicted molar refractivity (Wildman–Crippen MR) is 63.9 cm³/mol. The Morgan fingerprint density at radius 1 is 1.47 bits per heavy atom. The maximum Gasteiger partial charge on any atom is 0.336 e. The summed E-state index contributed by atoms with van der Waals surface area (Å²) in [6.07, 6.45) is 3.09. The van der Waals surface area contributed by atoms with Gasteiger partial charge in [-0.15, -0.1) is 0 Å². The number of amides is 1. The van der Waals surface area contributed by atoms with Crippen molar-refractivity contribution in [3.63, 3.8) is 0 Å². The van der Waals surface area contributed by atoms with E-state index in [2.05, 4.69) is 18.8 Å². The van der Waals surface area contributed by atoms with Crippen LogP contribution in [0.5, 0.6) is 0 Å². The van der Waals surface area contributed by atoms with Gasteiger partial charge in [0.05, 0.1) is 5.56 Å². The largest absolute Gasteiger partial charge is 0.427 e. The van der Waals surface area contributed by atoms with Crippen LogP contribution in [0.25, 0.3) is 0 Å². The van der Waals surface area contributed by atoms with E-state index in [1.165, 1.54) is 6.07 Å². The van der Waals surface area contributed by atoms with Gasteiger partial charge < -0.3 is 9.73 Å². The number of carbonyl (C=O) groups is 1. The van der Waals surface area contributed by atoms with Gasteiger partial charge in [0.25, 0.3) is 5.91 Å². The minimum atomic E-state index is -0.391. The Morgan fingerprint density at radius 3 is 2.94 bits per heavy atom. The van der Waals surface area contributed by atoms with Crippen molar-refractivity contribution in [3.05, 3.63) is 45.6 Å². The van der Waals surface area contributed by atoms with Crippen molar-refractivity contribution in [1.82, 2.24) is 5.32 Å². The number of carbonyl (C=O) groups excluding carboxylic acids is 1. The third kappa shape index (κ3) is 2.30. The SMILES string of the molecule is C=C1Cc2oc(=O)cc(CCCC)c2C(=O)N1. The van der Waals surface area contributed by atoms with Gasteiger partial charge in [0.15, 0.2) is 0 Å². The van der Waals surface area contributed by atoms with E-state index in [9.17, 15) is 9.59 Å². The monoisotopic (exact) mass is 233 g/mol. The molecule has 4 nitrogen and oxygen atoms in total. The van der Waals surface area contributed by atoms with Gasteiger partial charge in [-0.05, 0) is 18.4 Å². The van der Waals surface area contributed by atoms with Gasteiger partial charge in [0.1, 0.15) is 5.76 Å². The Kier molecular flexibility index (Phi) is 3.13. The molecular weight excluding hydrogens is 218 g/mol. The van der Waals surface area contributed by atoms with E-state index in [0.717, 1.165) is 24.8 Å². The number of fused-ring (bicyclic) bond motifs is 1. The number of unbranched alkanes of at least 4 members (excludes halogenated alkanes) is 1. The van der Waals surface area contributed by atoms with E-state index >= 15 is 0 Å². The molecule has 1 amide bonds. The van der Waals surface area contributed by atoms with Crippen LogP contribution in [0, 0.1) is 0 Å². The molecule has 1 aromatic rings. The van der Waals surface area contributed by atoms with Crippen LogP contribution in [0.2, 0.25) is 0 Å². The number of aryl methyl sites for hydroxylation is 1. The smallest absolute Gasteiger partial charge is 0.336 e. The van der Waals surface area contributed by atoms with Crippen molar-refractivity contribution in [2.45, 2.75) is 32.6 Å². The first-order valence-electron chi connectivity index (χ1n) is 5.77. The van der Waals surface area contributed by atoms with E-state index in [0.29, 0.717) is 23.4 Å². The summed E-state index contributed by atoms with van der Waals surface area (Å²) < 4.78 is 5.08. The third-order valence-electron chi connectivity index (χ3n) is 2.81. The van der Waals surface area contributed by atoms with E-state index in [1.807, 2.05) is 0 Å². The molecule has 0 aromatic carbocycles. The summed E-state index contributed by atoms with van der Waals surface area (Å²) in [5.41, 5.74) is 1.48. The Bertz CT molecular complexity index is 528. The lowest BCUT2D eigenvalue weighted by atomic mass is 9.97. The molecular formula is C13H15NO3. The second-order valence-electron chi connectivity index (χ2n) is 4.23. The molecule has 0 aliphatic carbocycles. The maximum absolute atomic E-state index is 11.9. The lowest BCUT2D eigenvalue weighted by molar-refractivity contribution is 0.0952. The maximum atomic E-state index is 11.9. The molecule has 1 aliphatic rings. The average Bonchev–Trinajstić information content (AvgIpc) is 2.24. The fraction of sp³-hybridized carbons (Fsp3) is 0.385. The number of hydrogen-bond acceptors (Lipinski definition) is 3. The van der Waals surface area contributed by atoms with Crippen LogP contribution >= 0.6 is 0 Å². The zero-order valence-electron chi connectivity index (χ0n) is 9.84. The molecule has 90 valence electrons. The molecule has 1 aromatic heterocycles. The van der Waals surface area contributed by atoms with Crippen molar-refractivity contribution in [3.8, 4) is 0 Å². The molecule has 0 atom stereocenters. The molecule has 0 saturated heterocycles. The second kappa shape index (κ2) is 4.57. The molecule has 0 radical (unpaired) electrons. The van der Waals surface area contributed by atoms with Gasteiger partial charge in [-0.3, -0.25) is 4.79 Å². The topological polar surface area (TPSA) is 59.3 Å². The Hall–Kier alpha value is -1.84. The highest BCUT2D eigenvalue weighted by molar-refractivity contribution is 5.98. The summed E-state index contributed by atoms with van der Waals surface area (Å²) in [4.78, 5) is 23.3. The lowest BCUT2D eigenvalue weighted by Crippen LogP contribution is -2.32. The number of hydrogen-bond donors (Lipinski definition) is 1. The molecule has 4 heteroatoms. The van der Waals surface area contributed by atoms with Gasteiger partial charge in [-0.2, -0.15) is 0 Å². The molecule has 2 rings (SSSR count). The average molecular weight is 233 g/mol. The summed E-state index contributed by atoms with van der Waals surface area (Å²) in [6.45, 7) is 5.76. The molecule has 1 aliphatic heterocycles. The summed E-state index contributed by atoms with van der Waals surface area (Å²) in [6, 6.07) is 1.42. The molecule has 17 heavy (non-hydrogen) atoms. The normalized spacial score (nSPS) is 14.4. The summed E-state index contributed by atoms with van der Waals surface area (Å²) in [5.74, 6) is 0.225. The van der Waals surface area contributed by atoms with E-state index in [1.54, 1.807) is 0 Å². The van der Waals surface area contributed by atoms with Crippen LogP contribution in [-0.4, -0.2) is 5.91 Å². The lowest BCUT2D eigenvalue weighted by Gasteiger charge is -2.19. The van der Waals surface area contributed by atoms with Gasteiger partial charge in [0.2, 0.25) is 0 Å². The minimum Gasteiger partial charge on any atom is -0.427 e.